The van der Waals surface area contributed by atoms with Crippen molar-refractivity contribution >= 4 is 10.2 Å². The standard InChI is InChI=1S/C13H24FN5O3S/c1-5-17(3)23(20,21)18(4)8-12-6-11(14)7-19(12)9-13-15-10(2)22-16-13/h11-12H,5-9H2,1-4H3/t11-,12-/m0/s1. The molecule has 23 heavy (non-hydrogen) atoms. The Labute approximate surface area is 136 Å². The molecule has 0 saturated carbocycles. The van der Waals surface area contributed by atoms with E-state index in [0.29, 0.717) is 31.2 Å². The average Bonchev–Trinajstić information content (AvgIpc) is 3.04. The van der Waals surface area contributed by atoms with Gasteiger partial charge in [0.25, 0.3) is 10.2 Å². The summed E-state index contributed by atoms with van der Waals surface area (Å²) >= 11 is 0. The topological polar surface area (TPSA) is 82.8 Å². The van der Waals surface area contributed by atoms with Crippen LogP contribution in [0.2, 0.25) is 0 Å². The number of alkyl halides is 1. The lowest BCUT2D eigenvalue weighted by atomic mass is 10.2. The lowest BCUT2D eigenvalue weighted by Gasteiger charge is -2.29. The SMILES string of the molecule is CCN(C)S(=O)(=O)N(C)C[C@@H]1C[C@H](F)CN1Cc1noc(C)n1. The molecule has 0 unspecified atom stereocenters. The molecule has 0 aliphatic carbocycles. The van der Waals surface area contributed by atoms with Crippen molar-refractivity contribution in [3.8, 4) is 0 Å². The second-order valence-corrected chi connectivity index (χ2v) is 7.99. The third-order valence-corrected chi connectivity index (χ3v) is 6.07. The predicted octanol–water partition coefficient (Wildman–Crippen LogP) is 0.419. The highest BCUT2D eigenvalue weighted by atomic mass is 32.2. The quantitative estimate of drug-likeness (QED) is 0.709. The minimum absolute atomic E-state index is 0.214. The minimum Gasteiger partial charge on any atom is -0.340 e. The van der Waals surface area contributed by atoms with E-state index in [1.54, 1.807) is 13.8 Å². The van der Waals surface area contributed by atoms with Gasteiger partial charge in [-0.15, -0.1) is 0 Å². The van der Waals surface area contributed by atoms with Gasteiger partial charge in [0.05, 0.1) is 6.54 Å². The zero-order valence-corrected chi connectivity index (χ0v) is 14.8. The molecule has 0 spiro atoms. The highest BCUT2D eigenvalue weighted by Crippen LogP contribution is 2.23. The first-order valence-corrected chi connectivity index (χ1v) is 8.98. The summed E-state index contributed by atoms with van der Waals surface area (Å²) in [6, 6.07) is -0.214. The third-order valence-electron chi connectivity index (χ3n) is 4.09. The average molecular weight is 349 g/mol. The molecular formula is C13H24FN5O3S. The maximum atomic E-state index is 13.8. The van der Waals surface area contributed by atoms with E-state index in [0.717, 1.165) is 0 Å². The van der Waals surface area contributed by atoms with E-state index in [-0.39, 0.29) is 19.1 Å². The molecule has 132 valence electrons. The second-order valence-electron chi connectivity index (χ2n) is 5.85. The number of rotatable bonds is 7. The fraction of sp³-hybridized carbons (Fsp3) is 0.846. The van der Waals surface area contributed by atoms with E-state index in [1.165, 1.54) is 22.7 Å². The Kier molecular flexibility index (Phi) is 5.71. The Morgan fingerprint density at radius 2 is 2.09 bits per heavy atom. The fourth-order valence-corrected chi connectivity index (χ4v) is 3.85. The van der Waals surface area contributed by atoms with Gasteiger partial charge in [-0.1, -0.05) is 12.1 Å². The number of hydrogen-bond acceptors (Lipinski definition) is 6. The number of nitrogens with zero attached hydrogens (tertiary/aromatic N) is 5. The van der Waals surface area contributed by atoms with Crippen molar-refractivity contribution in [1.82, 2.24) is 23.7 Å². The van der Waals surface area contributed by atoms with Crippen LogP contribution in [-0.2, 0) is 16.8 Å². The second kappa shape index (κ2) is 7.20. The van der Waals surface area contributed by atoms with Crippen LogP contribution in [0.15, 0.2) is 4.52 Å². The van der Waals surface area contributed by atoms with E-state index in [9.17, 15) is 12.8 Å². The van der Waals surface area contributed by atoms with Crippen LogP contribution in [0, 0.1) is 6.92 Å². The number of aromatic nitrogens is 2. The summed E-state index contributed by atoms with van der Waals surface area (Å²) in [5.74, 6) is 0.939. The van der Waals surface area contributed by atoms with Crippen LogP contribution in [0.4, 0.5) is 4.39 Å². The zero-order chi connectivity index (χ0) is 17.2. The van der Waals surface area contributed by atoms with Gasteiger partial charge in [0.2, 0.25) is 5.89 Å². The highest BCUT2D eigenvalue weighted by molar-refractivity contribution is 7.86. The molecule has 0 amide bonds. The molecule has 1 saturated heterocycles. The first-order chi connectivity index (χ1) is 10.7. The monoisotopic (exact) mass is 349 g/mol. The lowest BCUT2D eigenvalue weighted by Crippen LogP contribution is -2.45. The molecular weight excluding hydrogens is 325 g/mol. The molecule has 1 fully saturated rings. The number of aryl methyl sites for hydroxylation is 1. The Morgan fingerprint density at radius 3 is 2.65 bits per heavy atom. The summed E-state index contributed by atoms with van der Waals surface area (Å²) in [4.78, 5) is 5.99. The van der Waals surface area contributed by atoms with Gasteiger partial charge < -0.3 is 4.52 Å². The number of likely N-dealkylation sites (N-methyl/N-ethyl adjacent to an activating group) is 1. The molecule has 8 nitrogen and oxygen atoms in total. The van der Waals surface area contributed by atoms with Gasteiger partial charge in [0.15, 0.2) is 5.82 Å². The van der Waals surface area contributed by atoms with Gasteiger partial charge in [-0.2, -0.15) is 22.0 Å². The van der Waals surface area contributed by atoms with Crippen molar-refractivity contribution in [1.29, 1.82) is 0 Å². The molecule has 1 aromatic heterocycles. The summed E-state index contributed by atoms with van der Waals surface area (Å²) < 4.78 is 45.9. The summed E-state index contributed by atoms with van der Waals surface area (Å²) in [5.41, 5.74) is 0. The summed E-state index contributed by atoms with van der Waals surface area (Å²) in [6.07, 6.45) is -0.681. The normalized spacial score (nSPS) is 23.3. The molecule has 2 rings (SSSR count). The Balaban J connectivity index is 2.04. The fourth-order valence-electron chi connectivity index (χ4n) is 2.69. The number of hydrogen-bond donors (Lipinski definition) is 0. The van der Waals surface area contributed by atoms with Crippen molar-refractivity contribution in [2.75, 3.05) is 33.7 Å². The van der Waals surface area contributed by atoms with Gasteiger partial charge in [-0.3, -0.25) is 4.90 Å². The van der Waals surface area contributed by atoms with Crippen molar-refractivity contribution in [2.24, 2.45) is 0 Å². The molecule has 1 aromatic rings. The van der Waals surface area contributed by atoms with E-state index in [1.807, 2.05) is 4.90 Å². The number of halogens is 1. The van der Waals surface area contributed by atoms with Gasteiger partial charge in [0, 0.05) is 46.7 Å². The van der Waals surface area contributed by atoms with E-state index >= 15 is 0 Å². The van der Waals surface area contributed by atoms with E-state index in [2.05, 4.69) is 10.1 Å². The van der Waals surface area contributed by atoms with Gasteiger partial charge in [-0.05, 0) is 6.42 Å². The first-order valence-electron chi connectivity index (χ1n) is 7.59. The predicted molar refractivity (Wildman–Crippen MR) is 82.6 cm³/mol. The Hall–Kier alpha value is -1.10. The maximum absolute atomic E-state index is 13.8. The van der Waals surface area contributed by atoms with Crippen LogP contribution < -0.4 is 0 Å². The van der Waals surface area contributed by atoms with Crippen LogP contribution in [0.3, 0.4) is 0 Å². The van der Waals surface area contributed by atoms with Crippen molar-refractivity contribution in [3.05, 3.63) is 11.7 Å². The zero-order valence-electron chi connectivity index (χ0n) is 13.9. The molecule has 1 aliphatic heterocycles. The molecule has 2 heterocycles. The first kappa shape index (κ1) is 18.2. The molecule has 2 atom stereocenters. The van der Waals surface area contributed by atoms with Crippen LogP contribution in [0.5, 0.6) is 0 Å². The molecule has 0 bridgehead atoms. The van der Waals surface area contributed by atoms with Gasteiger partial charge >= 0.3 is 0 Å². The van der Waals surface area contributed by atoms with Crippen LogP contribution in [0.1, 0.15) is 25.1 Å². The molecule has 0 radical (unpaired) electrons. The summed E-state index contributed by atoms with van der Waals surface area (Å²) in [5, 5.41) is 3.82. The molecule has 1 aliphatic rings. The Morgan fingerprint density at radius 1 is 1.39 bits per heavy atom. The van der Waals surface area contributed by atoms with Crippen LogP contribution in [0.25, 0.3) is 0 Å². The lowest BCUT2D eigenvalue weighted by molar-refractivity contribution is 0.204. The van der Waals surface area contributed by atoms with Crippen molar-refractivity contribution in [3.63, 3.8) is 0 Å². The highest BCUT2D eigenvalue weighted by Gasteiger charge is 2.36. The van der Waals surface area contributed by atoms with Crippen molar-refractivity contribution in [2.45, 2.75) is 39.0 Å². The number of likely N-dealkylation sites (tertiary alicyclic amines) is 1. The van der Waals surface area contributed by atoms with E-state index in [4.69, 9.17) is 4.52 Å². The summed E-state index contributed by atoms with van der Waals surface area (Å²) in [7, 11) is -0.475. The molecule has 0 aromatic carbocycles. The minimum atomic E-state index is -3.52. The largest absolute Gasteiger partial charge is 0.340 e. The molecule has 10 heteroatoms. The summed E-state index contributed by atoms with van der Waals surface area (Å²) in [6.45, 7) is 4.66. The van der Waals surface area contributed by atoms with E-state index < -0.39 is 16.4 Å². The van der Waals surface area contributed by atoms with Gasteiger partial charge in [0.1, 0.15) is 6.17 Å². The van der Waals surface area contributed by atoms with Crippen LogP contribution >= 0.6 is 0 Å². The van der Waals surface area contributed by atoms with Gasteiger partial charge in [-0.25, -0.2) is 4.39 Å². The molecule has 0 N–H and O–H groups in total. The smallest absolute Gasteiger partial charge is 0.281 e. The van der Waals surface area contributed by atoms with Crippen LogP contribution in [-0.4, -0.2) is 78.0 Å². The Bertz CT molecular complexity index is 623. The third kappa shape index (κ3) is 4.25. The van der Waals surface area contributed by atoms with Crippen molar-refractivity contribution < 1.29 is 17.3 Å². The maximum Gasteiger partial charge on any atom is 0.281 e.